The van der Waals surface area contributed by atoms with E-state index < -0.39 is 0 Å². The van der Waals surface area contributed by atoms with Gasteiger partial charge in [0.2, 0.25) is 5.91 Å². The molecule has 0 heterocycles. The molecule has 1 aromatic carbocycles. The third-order valence-electron chi connectivity index (χ3n) is 2.38. The number of aliphatic hydroxyl groups is 1. The molecule has 0 aliphatic carbocycles. The maximum Gasteiger partial charge on any atom is 0.251 e. The first kappa shape index (κ1) is 16.1. The van der Waals surface area contributed by atoms with E-state index in [0.717, 1.165) is 0 Å². The Morgan fingerprint density at radius 3 is 2.45 bits per heavy atom. The third kappa shape index (κ3) is 5.81. The Labute approximate surface area is 118 Å². The molecule has 0 saturated carbocycles. The fraction of sp³-hybridized carbons (Fsp3) is 0.429. The van der Waals surface area contributed by atoms with E-state index in [1.165, 1.54) is 0 Å². The Bertz CT molecular complexity index is 443. The van der Waals surface area contributed by atoms with Gasteiger partial charge < -0.3 is 20.5 Å². The summed E-state index contributed by atoms with van der Waals surface area (Å²) >= 11 is 0. The number of aliphatic hydroxyl groups excluding tert-OH is 1. The smallest absolute Gasteiger partial charge is 0.251 e. The number of carbonyl (C=O) groups excluding carboxylic acids is 2. The first-order chi connectivity index (χ1) is 9.52. The predicted molar refractivity (Wildman–Crippen MR) is 75.6 cm³/mol. The number of benzene rings is 1. The molecule has 2 amide bonds. The van der Waals surface area contributed by atoms with Crippen molar-refractivity contribution in [3.8, 4) is 0 Å². The molecule has 0 spiro atoms. The normalized spacial score (nSPS) is 10.4. The average Bonchev–Trinajstić information content (AvgIpc) is 2.43. The van der Waals surface area contributed by atoms with Crippen LogP contribution in [-0.2, 0) is 9.53 Å². The molecule has 0 fully saturated rings. The Morgan fingerprint density at radius 1 is 1.25 bits per heavy atom. The minimum absolute atomic E-state index is 0.00153. The molecule has 0 aromatic heterocycles. The van der Waals surface area contributed by atoms with Crippen LogP contribution in [0.25, 0.3) is 0 Å². The Balaban J connectivity index is 2.50. The third-order valence-corrected chi connectivity index (χ3v) is 2.38. The van der Waals surface area contributed by atoms with Crippen molar-refractivity contribution in [3.05, 3.63) is 29.8 Å². The summed E-state index contributed by atoms with van der Waals surface area (Å²) in [6.07, 6.45) is -0.00153. The SMILES string of the molecule is CC(C)OCC(=O)Nc1ccc(C(=O)NCCO)cc1. The Kier molecular flexibility index (Phi) is 6.69. The highest BCUT2D eigenvalue weighted by Crippen LogP contribution is 2.09. The van der Waals surface area contributed by atoms with Crippen LogP contribution in [0.3, 0.4) is 0 Å². The molecule has 0 aliphatic heterocycles. The molecule has 0 bridgehead atoms. The highest BCUT2D eigenvalue weighted by atomic mass is 16.5. The summed E-state index contributed by atoms with van der Waals surface area (Å²) in [5.74, 6) is -0.503. The largest absolute Gasteiger partial charge is 0.395 e. The maximum absolute atomic E-state index is 11.6. The number of hydrogen-bond donors (Lipinski definition) is 3. The molecule has 0 atom stereocenters. The van der Waals surface area contributed by atoms with Crippen LogP contribution in [0.2, 0.25) is 0 Å². The fourth-order valence-corrected chi connectivity index (χ4v) is 1.42. The van der Waals surface area contributed by atoms with E-state index in [2.05, 4.69) is 10.6 Å². The molecular formula is C14H20N2O4. The van der Waals surface area contributed by atoms with Gasteiger partial charge in [-0.1, -0.05) is 0 Å². The van der Waals surface area contributed by atoms with Gasteiger partial charge in [-0.2, -0.15) is 0 Å². The van der Waals surface area contributed by atoms with Crippen LogP contribution < -0.4 is 10.6 Å². The van der Waals surface area contributed by atoms with Crippen molar-refractivity contribution in [1.29, 1.82) is 0 Å². The lowest BCUT2D eigenvalue weighted by atomic mass is 10.2. The molecule has 0 radical (unpaired) electrons. The van der Waals surface area contributed by atoms with Crippen LogP contribution in [0.4, 0.5) is 5.69 Å². The molecule has 6 heteroatoms. The molecule has 3 N–H and O–H groups in total. The fourth-order valence-electron chi connectivity index (χ4n) is 1.42. The molecule has 0 aliphatic rings. The van der Waals surface area contributed by atoms with Crippen molar-refractivity contribution in [3.63, 3.8) is 0 Å². The van der Waals surface area contributed by atoms with Crippen molar-refractivity contribution in [2.24, 2.45) is 0 Å². The lowest BCUT2D eigenvalue weighted by Gasteiger charge is -2.09. The quantitative estimate of drug-likeness (QED) is 0.688. The first-order valence-corrected chi connectivity index (χ1v) is 6.43. The van der Waals surface area contributed by atoms with Gasteiger partial charge in [0.1, 0.15) is 6.61 Å². The second kappa shape index (κ2) is 8.29. The van der Waals surface area contributed by atoms with Crippen LogP contribution >= 0.6 is 0 Å². The zero-order valence-electron chi connectivity index (χ0n) is 11.7. The summed E-state index contributed by atoms with van der Waals surface area (Å²) in [5.41, 5.74) is 1.07. The van der Waals surface area contributed by atoms with Gasteiger partial charge in [-0.15, -0.1) is 0 Å². The number of anilines is 1. The number of amides is 2. The van der Waals surface area contributed by atoms with Crippen LogP contribution in [0.15, 0.2) is 24.3 Å². The Hall–Kier alpha value is -1.92. The minimum atomic E-state index is -0.264. The topological polar surface area (TPSA) is 87.7 Å². The van der Waals surface area contributed by atoms with Crippen LogP contribution in [-0.4, -0.2) is 42.8 Å². The summed E-state index contributed by atoms with van der Waals surface area (Å²) in [6, 6.07) is 6.49. The minimum Gasteiger partial charge on any atom is -0.395 e. The van der Waals surface area contributed by atoms with Gasteiger partial charge in [0.05, 0.1) is 12.7 Å². The monoisotopic (exact) mass is 280 g/mol. The van der Waals surface area contributed by atoms with E-state index in [1.807, 2.05) is 13.8 Å². The van der Waals surface area contributed by atoms with Gasteiger partial charge in [-0.05, 0) is 38.1 Å². The van der Waals surface area contributed by atoms with Crippen LogP contribution in [0.1, 0.15) is 24.2 Å². The van der Waals surface area contributed by atoms with Crippen molar-refractivity contribution >= 4 is 17.5 Å². The molecule has 1 rings (SSSR count). The van der Waals surface area contributed by atoms with Crippen molar-refractivity contribution < 1.29 is 19.4 Å². The van der Waals surface area contributed by atoms with Crippen LogP contribution in [0.5, 0.6) is 0 Å². The standard InChI is InChI=1S/C14H20N2O4/c1-10(2)20-9-13(18)16-12-5-3-11(4-6-12)14(19)15-7-8-17/h3-6,10,17H,7-9H2,1-2H3,(H,15,19)(H,16,18). The highest BCUT2D eigenvalue weighted by Gasteiger charge is 2.06. The van der Waals surface area contributed by atoms with Crippen molar-refractivity contribution in [1.82, 2.24) is 5.32 Å². The zero-order chi connectivity index (χ0) is 15.0. The van der Waals surface area contributed by atoms with Gasteiger partial charge in [0.15, 0.2) is 0 Å². The maximum atomic E-state index is 11.6. The van der Waals surface area contributed by atoms with Gasteiger partial charge in [0.25, 0.3) is 5.91 Å². The zero-order valence-corrected chi connectivity index (χ0v) is 11.7. The second-order valence-corrected chi connectivity index (χ2v) is 4.46. The number of hydrogen-bond acceptors (Lipinski definition) is 4. The van der Waals surface area contributed by atoms with E-state index in [4.69, 9.17) is 9.84 Å². The second-order valence-electron chi connectivity index (χ2n) is 4.46. The number of ether oxygens (including phenoxy) is 1. The molecule has 6 nitrogen and oxygen atoms in total. The van der Waals surface area contributed by atoms with Gasteiger partial charge >= 0.3 is 0 Å². The van der Waals surface area contributed by atoms with E-state index in [0.29, 0.717) is 11.3 Å². The van der Waals surface area contributed by atoms with E-state index in [-0.39, 0.29) is 37.7 Å². The molecule has 0 unspecified atom stereocenters. The molecule has 20 heavy (non-hydrogen) atoms. The molecular weight excluding hydrogens is 260 g/mol. The number of nitrogens with one attached hydrogen (secondary N) is 2. The van der Waals surface area contributed by atoms with Crippen molar-refractivity contribution in [2.75, 3.05) is 25.1 Å². The molecule has 0 saturated heterocycles. The molecule has 1 aromatic rings. The highest BCUT2D eigenvalue weighted by molar-refractivity contribution is 5.96. The number of carbonyl (C=O) groups is 2. The van der Waals surface area contributed by atoms with Crippen molar-refractivity contribution in [2.45, 2.75) is 20.0 Å². The lowest BCUT2D eigenvalue weighted by Crippen LogP contribution is -2.26. The van der Waals surface area contributed by atoms with E-state index in [1.54, 1.807) is 24.3 Å². The van der Waals surface area contributed by atoms with Gasteiger partial charge in [-0.3, -0.25) is 9.59 Å². The predicted octanol–water partition coefficient (Wildman–Crippen LogP) is 0.772. The van der Waals surface area contributed by atoms with Crippen LogP contribution in [0, 0.1) is 0 Å². The lowest BCUT2D eigenvalue weighted by molar-refractivity contribution is -0.121. The van der Waals surface area contributed by atoms with Gasteiger partial charge in [-0.25, -0.2) is 0 Å². The van der Waals surface area contributed by atoms with E-state index >= 15 is 0 Å². The first-order valence-electron chi connectivity index (χ1n) is 6.43. The summed E-state index contributed by atoms with van der Waals surface area (Å²) in [5, 5.41) is 13.8. The van der Waals surface area contributed by atoms with Gasteiger partial charge in [0, 0.05) is 17.8 Å². The Morgan fingerprint density at radius 2 is 1.90 bits per heavy atom. The summed E-state index contributed by atoms with van der Waals surface area (Å²) in [6.45, 7) is 3.82. The average molecular weight is 280 g/mol. The number of rotatable bonds is 7. The molecule has 110 valence electrons. The summed E-state index contributed by atoms with van der Waals surface area (Å²) < 4.78 is 5.18. The summed E-state index contributed by atoms with van der Waals surface area (Å²) in [7, 11) is 0. The van der Waals surface area contributed by atoms with E-state index in [9.17, 15) is 9.59 Å². The summed E-state index contributed by atoms with van der Waals surface area (Å²) in [4.78, 5) is 23.1.